The number of rotatable bonds is 4. The van der Waals surface area contributed by atoms with Crippen LogP contribution in [0.4, 0.5) is 0 Å². The number of hydrogen-bond acceptors (Lipinski definition) is 6. The second kappa shape index (κ2) is 5.25. The van der Waals surface area contributed by atoms with Crippen molar-refractivity contribution in [3.05, 3.63) is 0 Å². The van der Waals surface area contributed by atoms with Crippen LogP contribution in [-0.2, 0) is 18.2 Å². The Labute approximate surface area is 92.1 Å². The second-order valence-electron chi connectivity index (χ2n) is 3.51. The van der Waals surface area contributed by atoms with Crippen molar-refractivity contribution < 1.29 is 37.8 Å². The summed E-state index contributed by atoms with van der Waals surface area (Å²) in [6, 6.07) is 0. The first-order chi connectivity index (χ1) is 7.17. The Morgan fingerprint density at radius 2 is 1.25 bits per heavy atom. The fourth-order valence-corrected chi connectivity index (χ4v) is 2.81. The Hall–Kier alpha value is 0.220. The van der Waals surface area contributed by atoms with Crippen LogP contribution >= 0.6 is 15.6 Å². The van der Waals surface area contributed by atoms with Crippen LogP contribution in [0.1, 0.15) is 25.7 Å². The summed E-state index contributed by atoms with van der Waals surface area (Å²) in [5.74, 6) is 0. The van der Waals surface area contributed by atoms with Gasteiger partial charge < -0.3 is 28.6 Å². The van der Waals surface area contributed by atoms with Crippen LogP contribution in [0.5, 0.6) is 0 Å². The maximum atomic E-state index is 10.5. The van der Waals surface area contributed by atoms with Crippen molar-refractivity contribution in [2.24, 2.45) is 0 Å². The lowest BCUT2D eigenvalue weighted by Crippen LogP contribution is -2.35. The Balaban J connectivity index is 2.64. The lowest BCUT2D eigenvalue weighted by atomic mass is 9.95. The fourth-order valence-electron chi connectivity index (χ4n) is 1.65. The maximum absolute atomic E-state index is 10.5. The molecule has 2 N–H and O–H groups in total. The minimum atomic E-state index is -4.94. The smallest absolute Gasteiger partial charge is 0.265 e. The average molecular weight is 274 g/mol. The van der Waals surface area contributed by atoms with Crippen molar-refractivity contribution in [3.8, 4) is 0 Å². The molecule has 1 aliphatic rings. The first-order valence-electron chi connectivity index (χ1n) is 4.62. The molecule has 1 saturated carbocycles. The molecular weight excluding hydrogens is 262 g/mol. The van der Waals surface area contributed by atoms with Gasteiger partial charge in [-0.1, -0.05) is 12.8 Å². The van der Waals surface area contributed by atoms with Gasteiger partial charge in [0.1, 0.15) is 0 Å². The summed E-state index contributed by atoms with van der Waals surface area (Å²) in [5, 5.41) is 0. The lowest BCUT2D eigenvalue weighted by Gasteiger charge is -2.35. The molecule has 1 rings (SSSR count). The molecule has 0 aliphatic heterocycles. The van der Waals surface area contributed by atoms with Gasteiger partial charge in [-0.25, -0.2) is 0 Å². The summed E-state index contributed by atoms with van der Waals surface area (Å²) < 4.78 is 29.6. The molecule has 4 atom stereocenters. The van der Waals surface area contributed by atoms with Gasteiger partial charge in [0, 0.05) is 0 Å². The molecule has 4 unspecified atom stereocenters. The zero-order valence-electron chi connectivity index (χ0n) is 8.22. The SMILES string of the molecule is O=P([O-])(O)OC1CCCCC1OP(=O)([O-])O. The van der Waals surface area contributed by atoms with Crippen molar-refractivity contribution in [2.45, 2.75) is 37.9 Å². The highest BCUT2D eigenvalue weighted by Crippen LogP contribution is 2.42. The van der Waals surface area contributed by atoms with Crippen molar-refractivity contribution in [3.63, 3.8) is 0 Å². The third kappa shape index (κ3) is 5.52. The zero-order valence-corrected chi connectivity index (χ0v) is 10.0. The van der Waals surface area contributed by atoms with Gasteiger partial charge in [-0.15, -0.1) is 0 Å². The van der Waals surface area contributed by atoms with Crippen LogP contribution in [0.3, 0.4) is 0 Å². The van der Waals surface area contributed by atoms with Gasteiger partial charge in [0.2, 0.25) is 0 Å². The van der Waals surface area contributed by atoms with E-state index in [-0.39, 0.29) is 12.8 Å². The highest BCUT2D eigenvalue weighted by molar-refractivity contribution is 7.45. The predicted octanol–water partition coefficient (Wildman–Crippen LogP) is -0.748. The first-order valence-corrected chi connectivity index (χ1v) is 7.61. The molecule has 0 aromatic rings. The standard InChI is InChI=1S/C6H14O8P2/c7-15(8,9)13-5-3-1-2-4-6(5)14-16(10,11)12/h5-6H,1-4H2,(H2,7,8,9)(H2,10,11,12)/p-2. The van der Waals surface area contributed by atoms with Gasteiger partial charge >= 0.3 is 0 Å². The average Bonchev–Trinajstić information content (AvgIpc) is 2.03. The van der Waals surface area contributed by atoms with Crippen molar-refractivity contribution in [1.29, 1.82) is 0 Å². The quantitative estimate of drug-likeness (QED) is 0.638. The van der Waals surface area contributed by atoms with Crippen molar-refractivity contribution in [1.82, 2.24) is 0 Å². The highest BCUT2D eigenvalue weighted by atomic mass is 31.2. The summed E-state index contributed by atoms with van der Waals surface area (Å²) in [6.45, 7) is 0. The van der Waals surface area contributed by atoms with E-state index in [9.17, 15) is 18.9 Å². The molecule has 16 heavy (non-hydrogen) atoms. The van der Waals surface area contributed by atoms with Crippen LogP contribution in [-0.4, -0.2) is 22.0 Å². The third-order valence-electron chi connectivity index (χ3n) is 2.18. The minimum absolute atomic E-state index is 0.234. The molecule has 0 saturated heterocycles. The predicted molar refractivity (Wildman–Crippen MR) is 47.9 cm³/mol. The van der Waals surface area contributed by atoms with E-state index in [1.54, 1.807) is 0 Å². The Morgan fingerprint density at radius 1 is 0.938 bits per heavy atom. The molecule has 1 aliphatic carbocycles. The lowest BCUT2D eigenvalue weighted by molar-refractivity contribution is -0.240. The normalized spacial score (nSPS) is 34.0. The van der Waals surface area contributed by atoms with E-state index in [0.717, 1.165) is 0 Å². The van der Waals surface area contributed by atoms with E-state index in [1.807, 2.05) is 0 Å². The number of phosphoric ester groups is 2. The van der Waals surface area contributed by atoms with E-state index in [0.29, 0.717) is 12.8 Å². The molecular formula is C6H12O8P2-2. The summed E-state index contributed by atoms with van der Waals surface area (Å²) in [4.78, 5) is 38.0. The molecule has 10 heteroatoms. The molecule has 0 aromatic carbocycles. The summed E-state index contributed by atoms with van der Waals surface area (Å²) >= 11 is 0. The molecule has 1 fully saturated rings. The topological polar surface area (TPSA) is 139 Å². The molecule has 0 radical (unpaired) electrons. The van der Waals surface area contributed by atoms with Crippen LogP contribution in [0.15, 0.2) is 0 Å². The van der Waals surface area contributed by atoms with Crippen LogP contribution in [0.2, 0.25) is 0 Å². The van der Waals surface area contributed by atoms with Crippen molar-refractivity contribution >= 4 is 15.6 Å². The molecule has 0 bridgehead atoms. The molecule has 0 heterocycles. The summed E-state index contributed by atoms with van der Waals surface area (Å²) in [7, 11) is -9.88. The number of phosphoric acid groups is 2. The number of hydrogen-bond donors (Lipinski definition) is 2. The maximum Gasteiger partial charge on any atom is 0.265 e. The van der Waals surface area contributed by atoms with Crippen LogP contribution < -0.4 is 9.79 Å². The Kier molecular flexibility index (Phi) is 4.68. The summed E-state index contributed by atoms with van der Waals surface area (Å²) in [5.41, 5.74) is 0. The van der Waals surface area contributed by atoms with E-state index >= 15 is 0 Å². The van der Waals surface area contributed by atoms with E-state index in [4.69, 9.17) is 9.79 Å². The monoisotopic (exact) mass is 274 g/mol. The van der Waals surface area contributed by atoms with Gasteiger partial charge in [-0.05, 0) is 12.8 Å². The van der Waals surface area contributed by atoms with Gasteiger partial charge in [-0.3, -0.25) is 9.13 Å². The molecule has 0 amide bonds. The van der Waals surface area contributed by atoms with Crippen LogP contribution in [0.25, 0.3) is 0 Å². The van der Waals surface area contributed by atoms with Gasteiger partial charge in [0.15, 0.2) is 0 Å². The second-order valence-corrected chi connectivity index (χ2v) is 5.81. The molecule has 0 spiro atoms. The third-order valence-corrected chi connectivity index (χ3v) is 3.25. The van der Waals surface area contributed by atoms with E-state index in [1.165, 1.54) is 0 Å². The molecule has 8 nitrogen and oxygen atoms in total. The largest absolute Gasteiger partial charge is 0.756 e. The first kappa shape index (κ1) is 14.3. The van der Waals surface area contributed by atoms with E-state index < -0.39 is 27.9 Å². The van der Waals surface area contributed by atoms with Gasteiger partial charge in [0.25, 0.3) is 15.6 Å². The Morgan fingerprint density at radius 3 is 1.50 bits per heavy atom. The highest BCUT2D eigenvalue weighted by Gasteiger charge is 2.31. The van der Waals surface area contributed by atoms with Gasteiger partial charge in [0.05, 0.1) is 12.2 Å². The Bertz CT molecular complexity index is 286. The zero-order chi connectivity index (χ0) is 12.4. The van der Waals surface area contributed by atoms with Crippen molar-refractivity contribution in [2.75, 3.05) is 0 Å². The minimum Gasteiger partial charge on any atom is -0.756 e. The van der Waals surface area contributed by atoms with Gasteiger partial charge in [-0.2, -0.15) is 0 Å². The van der Waals surface area contributed by atoms with Crippen LogP contribution in [0, 0.1) is 0 Å². The molecule has 0 aromatic heterocycles. The molecule has 96 valence electrons. The van der Waals surface area contributed by atoms with E-state index in [2.05, 4.69) is 9.05 Å². The fraction of sp³-hybridized carbons (Fsp3) is 1.00. The summed E-state index contributed by atoms with van der Waals surface area (Å²) in [6.07, 6.45) is -0.458.